The van der Waals surface area contributed by atoms with E-state index in [4.69, 9.17) is 10.3 Å². The number of carbonyl (C=O) groups is 1. The molecule has 0 saturated heterocycles. The minimum absolute atomic E-state index is 0.0490. The maximum absolute atomic E-state index is 11.3. The zero-order valence-electron chi connectivity index (χ0n) is 9.06. The van der Waals surface area contributed by atoms with Gasteiger partial charge in [0.1, 0.15) is 0 Å². The van der Waals surface area contributed by atoms with Crippen LogP contribution in [-0.2, 0) is 11.2 Å². The Kier molecular flexibility index (Phi) is 2.11. The molecule has 0 radical (unpaired) electrons. The molecule has 2 aromatic rings. The summed E-state index contributed by atoms with van der Waals surface area (Å²) in [5, 5.41) is 6.49. The molecule has 0 spiro atoms. The van der Waals surface area contributed by atoms with E-state index in [9.17, 15) is 4.79 Å². The van der Waals surface area contributed by atoms with E-state index in [2.05, 4.69) is 10.5 Å². The van der Waals surface area contributed by atoms with Gasteiger partial charge in [0.25, 0.3) is 0 Å². The van der Waals surface area contributed by atoms with Gasteiger partial charge >= 0.3 is 0 Å². The molecule has 0 saturated carbocycles. The summed E-state index contributed by atoms with van der Waals surface area (Å²) < 4.78 is 4.82. The quantitative estimate of drug-likeness (QED) is 0.781. The van der Waals surface area contributed by atoms with E-state index < -0.39 is 0 Å². The molecule has 1 aliphatic heterocycles. The third-order valence-corrected chi connectivity index (χ3v) is 2.91. The first kappa shape index (κ1) is 9.89. The predicted molar refractivity (Wildman–Crippen MR) is 63.3 cm³/mol. The average molecular weight is 229 g/mol. The average Bonchev–Trinajstić information content (AvgIpc) is 2.74. The van der Waals surface area contributed by atoms with Gasteiger partial charge in [-0.1, -0.05) is 17.3 Å². The minimum Gasteiger partial charge on any atom is -0.367 e. The Morgan fingerprint density at radius 3 is 3.00 bits per heavy atom. The lowest BCUT2D eigenvalue weighted by atomic mass is 9.99. The van der Waals surface area contributed by atoms with Gasteiger partial charge < -0.3 is 15.6 Å². The summed E-state index contributed by atoms with van der Waals surface area (Å²) in [6, 6.07) is 5.85. The van der Waals surface area contributed by atoms with E-state index in [0.717, 1.165) is 28.8 Å². The summed E-state index contributed by atoms with van der Waals surface area (Å²) in [6.07, 6.45) is 2.89. The molecule has 1 aliphatic rings. The number of nitrogens with one attached hydrogen (secondary N) is 1. The standard InChI is InChI=1S/C12H11N3O2/c13-12-9(6-14-17-12)8-2-1-7-3-4-11(16)15-10(7)5-8/h1-2,5-6H,3-4,13H2,(H,15,16). The molecule has 1 aromatic heterocycles. The van der Waals surface area contributed by atoms with Crippen LogP contribution >= 0.6 is 0 Å². The van der Waals surface area contributed by atoms with E-state index >= 15 is 0 Å². The molecule has 3 rings (SSSR count). The number of anilines is 2. The molecule has 2 heterocycles. The van der Waals surface area contributed by atoms with Crippen molar-refractivity contribution >= 4 is 17.5 Å². The summed E-state index contributed by atoms with van der Waals surface area (Å²) in [5.41, 5.74) is 9.28. The maximum Gasteiger partial charge on any atom is 0.229 e. The highest BCUT2D eigenvalue weighted by molar-refractivity contribution is 5.95. The molecular weight excluding hydrogens is 218 g/mol. The molecule has 0 aliphatic carbocycles. The van der Waals surface area contributed by atoms with Crippen molar-refractivity contribution in [3.8, 4) is 11.1 Å². The lowest BCUT2D eigenvalue weighted by Gasteiger charge is -2.17. The number of benzene rings is 1. The number of fused-ring (bicyclic) bond motifs is 1. The van der Waals surface area contributed by atoms with Crippen LogP contribution in [0.5, 0.6) is 0 Å². The van der Waals surface area contributed by atoms with Crippen LogP contribution in [0.15, 0.2) is 28.9 Å². The number of amides is 1. The summed E-state index contributed by atoms with van der Waals surface area (Å²) >= 11 is 0. The third kappa shape index (κ3) is 1.65. The SMILES string of the molecule is Nc1oncc1-c1ccc2c(c1)NC(=O)CC2. The molecule has 0 fully saturated rings. The number of nitrogens with two attached hydrogens (primary N) is 1. The van der Waals surface area contributed by atoms with Crippen molar-refractivity contribution in [3.63, 3.8) is 0 Å². The van der Waals surface area contributed by atoms with Crippen LogP contribution in [0, 0.1) is 0 Å². The molecule has 5 nitrogen and oxygen atoms in total. The fourth-order valence-corrected chi connectivity index (χ4v) is 2.00. The van der Waals surface area contributed by atoms with Gasteiger partial charge in [0, 0.05) is 12.1 Å². The molecule has 5 heteroatoms. The number of hydrogen-bond acceptors (Lipinski definition) is 4. The van der Waals surface area contributed by atoms with Gasteiger partial charge in [0.15, 0.2) is 0 Å². The molecule has 0 bridgehead atoms. The molecule has 86 valence electrons. The highest BCUT2D eigenvalue weighted by Gasteiger charge is 2.16. The fraction of sp³-hybridized carbons (Fsp3) is 0.167. The number of aromatic nitrogens is 1. The second kappa shape index (κ2) is 3.62. The minimum atomic E-state index is 0.0490. The Morgan fingerprint density at radius 1 is 1.35 bits per heavy atom. The van der Waals surface area contributed by atoms with Gasteiger partial charge in [0.05, 0.1) is 11.8 Å². The van der Waals surface area contributed by atoms with Gasteiger partial charge in [-0.15, -0.1) is 0 Å². The van der Waals surface area contributed by atoms with Crippen molar-refractivity contribution in [2.24, 2.45) is 0 Å². The summed E-state index contributed by atoms with van der Waals surface area (Å²) in [7, 11) is 0. The van der Waals surface area contributed by atoms with Gasteiger partial charge in [0.2, 0.25) is 11.8 Å². The number of nitrogens with zero attached hydrogens (tertiary/aromatic N) is 1. The molecule has 1 aromatic carbocycles. The van der Waals surface area contributed by atoms with E-state index in [1.54, 1.807) is 6.20 Å². The van der Waals surface area contributed by atoms with Crippen LogP contribution < -0.4 is 11.1 Å². The lowest BCUT2D eigenvalue weighted by molar-refractivity contribution is -0.116. The van der Waals surface area contributed by atoms with Crippen molar-refractivity contribution in [3.05, 3.63) is 30.0 Å². The van der Waals surface area contributed by atoms with Crippen LogP contribution in [0.4, 0.5) is 11.6 Å². The van der Waals surface area contributed by atoms with Crippen molar-refractivity contribution in [2.75, 3.05) is 11.1 Å². The van der Waals surface area contributed by atoms with Gasteiger partial charge in [-0.2, -0.15) is 0 Å². The van der Waals surface area contributed by atoms with E-state index in [1.807, 2.05) is 18.2 Å². The topological polar surface area (TPSA) is 81.2 Å². The monoisotopic (exact) mass is 229 g/mol. The second-order valence-corrected chi connectivity index (χ2v) is 4.02. The Balaban J connectivity index is 2.06. The Labute approximate surface area is 97.6 Å². The summed E-state index contributed by atoms with van der Waals surface area (Å²) in [6.45, 7) is 0. The molecule has 3 N–H and O–H groups in total. The zero-order valence-corrected chi connectivity index (χ0v) is 9.06. The van der Waals surface area contributed by atoms with E-state index in [-0.39, 0.29) is 11.8 Å². The Bertz CT molecular complexity index is 589. The number of nitrogen functional groups attached to an aromatic ring is 1. The number of aryl methyl sites for hydroxylation is 1. The molecule has 1 amide bonds. The first-order chi connectivity index (χ1) is 8.24. The predicted octanol–water partition coefficient (Wildman–Crippen LogP) is 1.81. The highest BCUT2D eigenvalue weighted by Crippen LogP contribution is 2.31. The molecule has 0 atom stereocenters. The van der Waals surface area contributed by atoms with Gasteiger partial charge in [-0.05, 0) is 23.6 Å². The van der Waals surface area contributed by atoms with E-state index in [1.165, 1.54) is 0 Å². The summed E-state index contributed by atoms with van der Waals surface area (Å²) in [5.74, 6) is 0.333. The van der Waals surface area contributed by atoms with Crippen LogP contribution in [0.25, 0.3) is 11.1 Å². The maximum atomic E-state index is 11.3. The van der Waals surface area contributed by atoms with Gasteiger partial charge in [-0.3, -0.25) is 4.79 Å². The van der Waals surface area contributed by atoms with Gasteiger partial charge in [-0.25, -0.2) is 0 Å². The van der Waals surface area contributed by atoms with Crippen molar-refractivity contribution in [1.82, 2.24) is 5.16 Å². The van der Waals surface area contributed by atoms with Crippen LogP contribution in [0.3, 0.4) is 0 Å². The highest BCUT2D eigenvalue weighted by atomic mass is 16.5. The normalized spacial score (nSPS) is 14.2. The van der Waals surface area contributed by atoms with E-state index in [0.29, 0.717) is 6.42 Å². The number of rotatable bonds is 1. The summed E-state index contributed by atoms with van der Waals surface area (Å²) in [4.78, 5) is 11.3. The van der Waals surface area contributed by atoms with Crippen LogP contribution in [-0.4, -0.2) is 11.1 Å². The molecular formula is C12H11N3O2. The van der Waals surface area contributed by atoms with Crippen molar-refractivity contribution in [2.45, 2.75) is 12.8 Å². The van der Waals surface area contributed by atoms with Crippen molar-refractivity contribution < 1.29 is 9.32 Å². The van der Waals surface area contributed by atoms with Crippen LogP contribution in [0.2, 0.25) is 0 Å². The number of hydrogen-bond donors (Lipinski definition) is 2. The fourth-order valence-electron chi connectivity index (χ4n) is 2.00. The zero-order chi connectivity index (χ0) is 11.8. The first-order valence-electron chi connectivity index (χ1n) is 5.37. The largest absolute Gasteiger partial charge is 0.367 e. The Hall–Kier alpha value is -2.30. The smallest absolute Gasteiger partial charge is 0.229 e. The third-order valence-electron chi connectivity index (χ3n) is 2.91. The molecule has 0 unspecified atom stereocenters. The van der Waals surface area contributed by atoms with Crippen LogP contribution in [0.1, 0.15) is 12.0 Å². The number of carbonyl (C=O) groups excluding carboxylic acids is 1. The lowest BCUT2D eigenvalue weighted by Crippen LogP contribution is -2.18. The second-order valence-electron chi connectivity index (χ2n) is 4.02. The first-order valence-corrected chi connectivity index (χ1v) is 5.37. The molecule has 17 heavy (non-hydrogen) atoms. The van der Waals surface area contributed by atoms with Crippen molar-refractivity contribution in [1.29, 1.82) is 0 Å². The Morgan fingerprint density at radius 2 is 2.24 bits per heavy atom.